The van der Waals surface area contributed by atoms with Gasteiger partial charge in [-0.1, -0.05) is 6.92 Å². The van der Waals surface area contributed by atoms with E-state index in [1.807, 2.05) is 13.0 Å². The van der Waals surface area contributed by atoms with E-state index in [4.69, 9.17) is 0 Å². The van der Waals surface area contributed by atoms with Crippen LogP contribution in [0.15, 0.2) is 12.3 Å². The Morgan fingerprint density at radius 1 is 1.58 bits per heavy atom. The molecule has 0 spiro atoms. The molecule has 12 heavy (non-hydrogen) atoms. The Labute approximate surface area is 71.8 Å². The van der Waals surface area contributed by atoms with E-state index in [1.54, 1.807) is 13.1 Å². The summed E-state index contributed by atoms with van der Waals surface area (Å²) in [5, 5.41) is 3.15. The van der Waals surface area contributed by atoms with Crippen LogP contribution < -0.4 is 5.32 Å². The van der Waals surface area contributed by atoms with Crippen molar-refractivity contribution in [3.05, 3.63) is 29.3 Å². The van der Waals surface area contributed by atoms with E-state index in [1.165, 1.54) is 0 Å². The summed E-state index contributed by atoms with van der Waals surface area (Å²) in [7, 11) is 0. The molecule has 3 heteroatoms. The first-order valence-corrected chi connectivity index (χ1v) is 4.05. The fourth-order valence-corrected chi connectivity index (χ4v) is 0.982. The van der Waals surface area contributed by atoms with E-state index in [9.17, 15) is 4.39 Å². The molecule has 1 aromatic heterocycles. The molecule has 0 aliphatic rings. The fraction of sp³-hybridized carbons (Fsp3) is 0.444. The molecule has 0 aliphatic carbocycles. The van der Waals surface area contributed by atoms with E-state index in [2.05, 4.69) is 10.3 Å². The second-order valence-electron chi connectivity index (χ2n) is 2.73. The van der Waals surface area contributed by atoms with E-state index in [0.29, 0.717) is 5.56 Å². The molecule has 0 amide bonds. The Bertz CT molecular complexity index is 261. The molecule has 1 rings (SSSR count). The topological polar surface area (TPSA) is 24.9 Å². The van der Waals surface area contributed by atoms with Gasteiger partial charge < -0.3 is 5.32 Å². The molecular formula is C9H13FN2. The summed E-state index contributed by atoms with van der Waals surface area (Å²) in [6, 6.07) is 1.81. The largest absolute Gasteiger partial charge is 0.313 e. The summed E-state index contributed by atoms with van der Waals surface area (Å²) in [4.78, 5) is 3.62. The number of halogens is 1. The number of rotatable bonds is 3. The van der Waals surface area contributed by atoms with Crippen LogP contribution in [-0.2, 0) is 6.54 Å². The lowest BCUT2D eigenvalue weighted by Crippen LogP contribution is -2.12. The zero-order chi connectivity index (χ0) is 8.97. The zero-order valence-electron chi connectivity index (χ0n) is 7.39. The number of hydrogen-bond donors (Lipinski definition) is 1. The van der Waals surface area contributed by atoms with Gasteiger partial charge in [-0.25, -0.2) is 4.98 Å². The molecule has 0 saturated carbocycles. The van der Waals surface area contributed by atoms with Crippen LogP contribution in [0.4, 0.5) is 4.39 Å². The van der Waals surface area contributed by atoms with Gasteiger partial charge in [0.1, 0.15) is 0 Å². The van der Waals surface area contributed by atoms with Crippen molar-refractivity contribution in [2.45, 2.75) is 20.4 Å². The third kappa shape index (κ3) is 2.27. The highest BCUT2D eigenvalue weighted by Gasteiger charge is 1.98. The van der Waals surface area contributed by atoms with E-state index >= 15 is 0 Å². The summed E-state index contributed by atoms with van der Waals surface area (Å²) in [5.74, 6) is -0.379. The normalized spacial score (nSPS) is 10.2. The van der Waals surface area contributed by atoms with Crippen molar-refractivity contribution in [3.63, 3.8) is 0 Å². The Morgan fingerprint density at radius 2 is 2.33 bits per heavy atom. The summed E-state index contributed by atoms with van der Waals surface area (Å²) in [6.45, 7) is 5.42. The maximum absolute atomic E-state index is 12.7. The number of pyridine rings is 1. The van der Waals surface area contributed by atoms with Crippen LogP contribution in [0.3, 0.4) is 0 Å². The van der Waals surface area contributed by atoms with Crippen LogP contribution in [0.1, 0.15) is 18.1 Å². The van der Waals surface area contributed by atoms with E-state index in [0.717, 1.165) is 18.7 Å². The second kappa shape index (κ2) is 4.16. The van der Waals surface area contributed by atoms with Gasteiger partial charge in [0, 0.05) is 18.3 Å². The SMILES string of the molecule is CCNCc1cnc(F)c(C)c1. The van der Waals surface area contributed by atoms with Crippen LogP contribution >= 0.6 is 0 Å². The number of hydrogen-bond acceptors (Lipinski definition) is 2. The van der Waals surface area contributed by atoms with Gasteiger partial charge in [0.25, 0.3) is 0 Å². The molecule has 0 radical (unpaired) electrons. The van der Waals surface area contributed by atoms with Crippen molar-refractivity contribution in [3.8, 4) is 0 Å². The third-order valence-corrected chi connectivity index (χ3v) is 1.65. The molecule has 0 unspecified atom stereocenters. The Balaban J connectivity index is 2.69. The average molecular weight is 168 g/mol. The molecule has 66 valence electrons. The van der Waals surface area contributed by atoms with Gasteiger partial charge in [-0.2, -0.15) is 4.39 Å². The molecule has 0 atom stereocenters. The van der Waals surface area contributed by atoms with Crippen molar-refractivity contribution in [1.82, 2.24) is 10.3 Å². The lowest BCUT2D eigenvalue weighted by Gasteiger charge is -2.02. The van der Waals surface area contributed by atoms with E-state index in [-0.39, 0.29) is 5.95 Å². The summed E-state index contributed by atoms with van der Waals surface area (Å²) in [6.07, 6.45) is 1.56. The predicted octanol–water partition coefficient (Wildman–Crippen LogP) is 1.64. The lowest BCUT2D eigenvalue weighted by molar-refractivity contribution is 0.571. The smallest absolute Gasteiger partial charge is 0.215 e. The summed E-state index contributed by atoms with van der Waals surface area (Å²) in [5.41, 5.74) is 1.63. The van der Waals surface area contributed by atoms with Gasteiger partial charge >= 0.3 is 0 Å². The van der Waals surface area contributed by atoms with Gasteiger partial charge in [-0.05, 0) is 25.1 Å². The van der Waals surface area contributed by atoms with Crippen molar-refractivity contribution in [1.29, 1.82) is 0 Å². The molecule has 0 bridgehead atoms. The maximum atomic E-state index is 12.7. The second-order valence-corrected chi connectivity index (χ2v) is 2.73. The Morgan fingerprint density at radius 3 is 2.92 bits per heavy atom. The average Bonchev–Trinajstić information content (AvgIpc) is 2.07. The minimum Gasteiger partial charge on any atom is -0.313 e. The highest BCUT2D eigenvalue weighted by Crippen LogP contribution is 2.05. The molecule has 0 aliphatic heterocycles. The quantitative estimate of drug-likeness (QED) is 0.694. The van der Waals surface area contributed by atoms with Crippen LogP contribution in [0, 0.1) is 12.9 Å². The first-order valence-electron chi connectivity index (χ1n) is 4.05. The number of aryl methyl sites for hydroxylation is 1. The van der Waals surface area contributed by atoms with Crippen molar-refractivity contribution < 1.29 is 4.39 Å². The van der Waals surface area contributed by atoms with E-state index < -0.39 is 0 Å². The first-order chi connectivity index (χ1) is 5.74. The number of aromatic nitrogens is 1. The van der Waals surface area contributed by atoms with Crippen LogP contribution in [-0.4, -0.2) is 11.5 Å². The number of nitrogens with zero attached hydrogens (tertiary/aromatic N) is 1. The molecule has 1 N–H and O–H groups in total. The molecule has 1 aromatic rings. The molecule has 0 aromatic carbocycles. The molecule has 0 fully saturated rings. The van der Waals surface area contributed by atoms with Crippen molar-refractivity contribution in [2.24, 2.45) is 0 Å². The van der Waals surface area contributed by atoms with Gasteiger partial charge in [-0.15, -0.1) is 0 Å². The maximum Gasteiger partial charge on any atom is 0.215 e. The van der Waals surface area contributed by atoms with Gasteiger partial charge in [-0.3, -0.25) is 0 Å². The highest BCUT2D eigenvalue weighted by atomic mass is 19.1. The van der Waals surface area contributed by atoms with Crippen LogP contribution in [0.2, 0.25) is 0 Å². The van der Waals surface area contributed by atoms with Crippen LogP contribution in [0.5, 0.6) is 0 Å². The van der Waals surface area contributed by atoms with Crippen molar-refractivity contribution in [2.75, 3.05) is 6.54 Å². The fourth-order valence-electron chi connectivity index (χ4n) is 0.982. The summed E-state index contributed by atoms with van der Waals surface area (Å²) < 4.78 is 12.7. The molecule has 1 heterocycles. The van der Waals surface area contributed by atoms with Crippen molar-refractivity contribution >= 4 is 0 Å². The first kappa shape index (κ1) is 9.13. The molecule has 0 saturated heterocycles. The number of nitrogens with one attached hydrogen (secondary N) is 1. The summed E-state index contributed by atoms with van der Waals surface area (Å²) >= 11 is 0. The molecular weight excluding hydrogens is 155 g/mol. The standard InChI is InChI=1S/C9H13FN2/c1-3-11-5-8-4-7(2)9(10)12-6-8/h4,6,11H,3,5H2,1-2H3. The minimum atomic E-state index is -0.379. The molecule has 2 nitrogen and oxygen atoms in total. The third-order valence-electron chi connectivity index (χ3n) is 1.65. The van der Waals surface area contributed by atoms with Gasteiger partial charge in [0.2, 0.25) is 5.95 Å². The predicted molar refractivity (Wildman–Crippen MR) is 46.3 cm³/mol. The Hall–Kier alpha value is -0.960. The van der Waals surface area contributed by atoms with Crippen LogP contribution in [0.25, 0.3) is 0 Å². The highest BCUT2D eigenvalue weighted by molar-refractivity contribution is 5.17. The van der Waals surface area contributed by atoms with Gasteiger partial charge in [0.15, 0.2) is 0 Å². The monoisotopic (exact) mass is 168 g/mol. The lowest BCUT2D eigenvalue weighted by atomic mass is 10.2. The minimum absolute atomic E-state index is 0.379. The Kier molecular flexibility index (Phi) is 3.17. The zero-order valence-corrected chi connectivity index (χ0v) is 7.39. The van der Waals surface area contributed by atoms with Gasteiger partial charge in [0.05, 0.1) is 0 Å².